The van der Waals surface area contributed by atoms with Gasteiger partial charge in [0.05, 0.1) is 0 Å². The average Bonchev–Trinajstić information content (AvgIpc) is 2.32. The van der Waals surface area contributed by atoms with Gasteiger partial charge in [-0.1, -0.05) is 0 Å². The first-order valence-electron chi connectivity index (χ1n) is 4.60. The zero-order chi connectivity index (χ0) is 11.4. The summed E-state index contributed by atoms with van der Waals surface area (Å²) in [5.41, 5.74) is 0.144. The van der Waals surface area contributed by atoms with Crippen LogP contribution in [0.5, 0.6) is 5.88 Å². The van der Waals surface area contributed by atoms with Crippen molar-refractivity contribution in [1.29, 1.82) is 0 Å². The summed E-state index contributed by atoms with van der Waals surface area (Å²) >= 11 is 0. The van der Waals surface area contributed by atoms with Crippen LogP contribution in [-0.4, -0.2) is 10.2 Å². The summed E-state index contributed by atoms with van der Waals surface area (Å²) in [6.45, 7) is -0.0811. The summed E-state index contributed by atoms with van der Waals surface area (Å²) in [6, 6.07) is 6.44. The number of nitrogens with zero attached hydrogens (tertiary/aromatic N) is 2. The van der Waals surface area contributed by atoms with Crippen LogP contribution in [0.3, 0.4) is 0 Å². The highest BCUT2D eigenvalue weighted by molar-refractivity contribution is 5.18. The highest BCUT2D eigenvalue weighted by Crippen LogP contribution is 2.12. The molecular formula is C11H8F2N2O. The predicted molar refractivity (Wildman–Crippen MR) is 52.7 cm³/mol. The lowest BCUT2D eigenvalue weighted by molar-refractivity contribution is 0.284. The van der Waals surface area contributed by atoms with Crippen LogP contribution in [0.4, 0.5) is 8.78 Å². The van der Waals surface area contributed by atoms with Gasteiger partial charge >= 0.3 is 0 Å². The lowest BCUT2D eigenvalue weighted by Crippen LogP contribution is -2.00. The Hall–Kier alpha value is -2.04. The minimum atomic E-state index is -0.509. The average molecular weight is 222 g/mol. The van der Waals surface area contributed by atoms with Gasteiger partial charge in [-0.25, -0.2) is 8.78 Å². The molecule has 82 valence electrons. The molecule has 0 saturated heterocycles. The van der Waals surface area contributed by atoms with E-state index < -0.39 is 11.6 Å². The molecule has 0 aliphatic heterocycles. The summed E-state index contributed by atoms with van der Waals surface area (Å²) in [4.78, 5) is 0. The Morgan fingerprint density at radius 1 is 1.19 bits per heavy atom. The standard InChI is InChI=1S/C11H8F2N2O/c12-9-3-4-10(13)8(6-9)7-16-11-2-1-5-14-15-11/h1-6H,7H2. The SMILES string of the molecule is Fc1ccc(F)c(COc2cccnn2)c1. The van der Waals surface area contributed by atoms with E-state index in [1.807, 2.05) is 0 Å². The third-order valence-electron chi connectivity index (χ3n) is 1.93. The van der Waals surface area contributed by atoms with Crippen molar-refractivity contribution >= 4 is 0 Å². The van der Waals surface area contributed by atoms with E-state index in [2.05, 4.69) is 10.2 Å². The van der Waals surface area contributed by atoms with Crippen LogP contribution in [0.15, 0.2) is 36.5 Å². The van der Waals surface area contributed by atoms with Gasteiger partial charge < -0.3 is 4.74 Å². The van der Waals surface area contributed by atoms with Gasteiger partial charge in [0.25, 0.3) is 0 Å². The number of hydrogen-bond acceptors (Lipinski definition) is 3. The summed E-state index contributed by atoms with van der Waals surface area (Å²) in [7, 11) is 0. The minimum Gasteiger partial charge on any atom is -0.472 e. The van der Waals surface area contributed by atoms with Crippen LogP contribution in [0.2, 0.25) is 0 Å². The molecule has 1 aromatic carbocycles. The Balaban J connectivity index is 2.08. The third kappa shape index (κ3) is 2.50. The largest absolute Gasteiger partial charge is 0.472 e. The minimum absolute atomic E-state index is 0.0811. The molecule has 16 heavy (non-hydrogen) atoms. The number of hydrogen-bond donors (Lipinski definition) is 0. The molecular weight excluding hydrogens is 214 g/mol. The maximum atomic E-state index is 13.2. The Labute approximate surface area is 90.7 Å². The molecule has 0 spiro atoms. The van der Waals surface area contributed by atoms with Gasteiger partial charge in [-0.2, -0.15) is 5.10 Å². The van der Waals surface area contributed by atoms with E-state index in [9.17, 15) is 8.78 Å². The number of halogens is 2. The quantitative estimate of drug-likeness (QED) is 0.799. The summed E-state index contributed by atoms with van der Waals surface area (Å²) in [6.07, 6.45) is 1.50. The first kappa shape index (κ1) is 10.5. The van der Waals surface area contributed by atoms with E-state index in [1.54, 1.807) is 12.1 Å². The Morgan fingerprint density at radius 2 is 2.06 bits per heavy atom. The maximum Gasteiger partial charge on any atom is 0.233 e. The molecule has 0 amide bonds. The van der Waals surface area contributed by atoms with Crippen LogP contribution in [0, 0.1) is 11.6 Å². The molecule has 0 saturated carbocycles. The topological polar surface area (TPSA) is 35.0 Å². The van der Waals surface area contributed by atoms with Crippen LogP contribution in [0.25, 0.3) is 0 Å². The van der Waals surface area contributed by atoms with Crippen LogP contribution in [-0.2, 0) is 6.61 Å². The number of ether oxygens (including phenoxy) is 1. The van der Waals surface area contributed by atoms with E-state index in [4.69, 9.17) is 4.74 Å². The first-order valence-corrected chi connectivity index (χ1v) is 4.60. The molecule has 0 atom stereocenters. The predicted octanol–water partition coefficient (Wildman–Crippen LogP) is 2.33. The molecule has 0 radical (unpaired) electrons. The molecule has 2 aromatic rings. The molecule has 2 rings (SSSR count). The molecule has 0 bridgehead atoms. The Bertz CT molecular complexity index is 477. The van der Waals surface area contributed by atoms with Crippen LogP contribution < -0.4 is 4.74 Å². The second kappa shape index (κ2) is 4.65. The zero-order valence-electron chi connectivity index (χ0n) is 8.23. The molecule has 0 unspecified atom stereocenters. The summed E-state index contributed by atoms with van der Waals surface area (Å²) in [5, 5.41) is 7.25. The summed E-state index contributed by atoms with van der Waals surface area (Å²) in [5.74, 6) is -0.740. The van der Waals surface area contributed by atoms with Crippen molar-refractivity contribution < 1.29 is 13.5 Å². The van der Waals surface area contributed by atoms with Gasteiger partial charge in [0.15, 0.2) is 0 Å². The monoisotopic (exact) mass is 222 g/mol. The van der Waals surface area contributed by atoms with Gasteiger partial charge in [-0.15, -0.1) is 5.10 Å². The van der Waals surface area contributed by atoms with Gasteiger partial charge in [0, 0.05) is 17.8 Å². The molecule has 0 fully saturated rings. The van der Waals surface area contributed by atoms with Crippen LogP contribution in [0.1, 0.15) is 5.56 Å². The fourth-order valence-corrected chi connectivity index (χ4v) is 1.17. The molecule has 3 nitrogen and oxygen atoms in total. The molecule has 0 N–H and O–H groups in total. The number of benzene rings is 1. The van der Waals surface area contributed by atoms with E-state index >= 15 is 0 Å². The zero-order valence-corrected chi connectivity index (χ0v) is 8.23. The molecule has 1 aromatic heterocycles. The van der Waals surface area contributed by atoms with Crippen LogP contribution >= 0.6 is 0 Å². The lowest BCUT2D eigenvalue weighted by atomic mass is 10.2. The van der Waals surface area contributed by atoms with Crippen molar-refractivity contribution in [2.75, 3.05) is 0 Å². The molecule has 0 aliphatic rings. The second-order valence-corrected chi connectivity index (χ2v) is 3.09. The van der Waals surface area contributed by atoms with Gasteiger partial charge in [-0.05, 0) is 24.3 Å². The first-order chi connectivity index (χ1) is 7.75. The smallest absolute Gasteiger partial charge is 0.233 e. The van der Waals surface area contributed by atoms with E-state index in [-0.39, 0.29) is 18.1 Å². The van der Waals surface area contributed by atoms with Crippen molar-refractivity contribution in [2.24, 2.45) is 0 Å². The fraction of sp³-hybridized carbons (Fsp3) is 0.0909. The van der Waals surface area contributed by atoms with Crippen molar-refractivity contribution in [3.05, 3.63) is 53.7 Å². The van der Waals surface area contributed by atoms with Crippen molar-refractivity contribution in [3.8, 4) is 5.88 Å². The molecule has 1 heterocycles. The van der Waals surface area contributed by atoms with E-state index in [0.717, 1.165) is 18.2 Å². The van der Waals surface area contributed by atoms with Gasteiger partial charge in [0.2, 0.25) is 5.88 Å². The second-order valence-electron chi connectivity index (χ2n) is 3.09. The number of rotatable bonds is 3. The van der Waals surface area contributed by atoms with E-state index in [0.29, 0.717) is 0 Å². The van der Waals surface area contributed by atoms with Crippen molar-refractivity contribution in [2.45, 2.75) is 6.61 Å². The van der Waals surface area contributed by atoms with Crippen molar-refractivity contribution in [3.63, 3.8) is 0 Å². The fourth-order valence-electron chi connectivity index (χ4n) is 1.17. The maximum absolute atomic E-state index is 13.2. The highest BCUT2D eigenvalue weighted by atomic mass is 19.1. The Kier molecular flexibility index (Phi) is 3.05. The lowest BCUT2D eigenvalue weighted by Gasteiger charge is -2.05. The molecule has 5 heteroatoms. The normalized spacial score (nSPS) is 10.1. The molecule has 0 aliphatic carbocycles. The summed E-state index contributed by atoms with van der Waals surface area (Å²) < 4.78 is 31.2. The third-order valence-corrected chi connectivity index (χ3v) is 1.93. The number of aromatic nitrogens is 2. The van der Waals surface area contributed by atoms with E-state index in [1.165, 1.54) is 6.20 Å². The Morgan fingerprint density at radius 3 is 2.81 bits per heavy atom. The van der Waals surface area contributed by atoms with Gasteiger partial charge in [-0.3, -0.25) is 0 Å². The van der Waals surface area contributed by atoms with Gasteiger partial charge in [0.1, 0.15) is 18.2 Å². The highest BCUT2D eigenvalue weighted by Gasteiger charge is 2.05. The van der Waals surface area contributed by atoms with Crippen molar-refractivity contribution in [1.82, 2.24) is 10.2 Å².